The lowest BCUT2D eigenvalue weighted by Gasteiger charge is -2.37. The van der Waals surface area contributed by atoms with E-state index >= 15 is 0 Å². The molecular weight excluding hydrogens is 236 g/mol. The van der Waals surface area contributed by atoms with Crippen molar-refractivity contribution >= 4 is 5.91 Å². The number of hydrogen-bond acceptors (Lipinski definition) is 2. The van der Waals surface area contributed by atoms with Crippen molar-refractivity contribution in [2.24, 2.45) is 5.92 Å². The fourth-order valence-electron chi connectivity index (χ4n) is 3.26. The molecule has 0 N–H and O–H groups in total. The Morgan fingerprint density at radius 2 is 1.68 bits per heavy atom. The van der Waals surface area contributed by atoms with Gasteiger partial charge in [-0.25, -0.2) is 0 Å². The molecule has 1 aliphatic carbocycles. The highest BCUT2D eigenvalue weighted by Crippen LogP contribution is 2.27. The highest BCUT2D eigenvalue weighted by molar-refractivity contribution is 5.78. The summed E-state index contributed by atoms with van der Waals surface area (Å²) >= 11 is 0. The van der Waals surface area contributed by atoms with Gasteiger partial charge in [0.2, 0.25) is 5.91 Å². The van der Waals surface area contributed by atoms with Crippen LogP contribution in [0, 0.1) is 5.92 Å². The van der Waals surface area contributed by atoms with E-state index in [1.807, 2.05) is 11.9 Å². The Bertz CT molecular complexity index is 261. The quantitative estimate of drug-likeness (QED) is 0.708. The first-order valence-corrected chi connectivity index (χ1v) is 8.08. The van der Waals surface area contributed by atoms with Gasteiger partial charge in [0.25, 0.3) is 0 Å². The van der Waals surface area contributed by atoms with Gasteiger partial charge < -0.3 is 4.90 Å². The van der Waals surface area contributed by atoms with E-state index in [0.29, 0.717) is 24.4 Å². The number of likely N-dealkylation sites (N-methyl/N-ethyl adjacent to an activating group) is 1. The molecule has 1 fully saturated rings. The Kier molecular flexibility index (Phi) is 7.44. The average molecular weight is 268 g/mol. The molecule has 1 amide bonds. The van der Waals surface area contributed by atoms with Gasteiger partial charge in [0.15, 0.2) is 0 Å². The van der Waals surface area contributed by atoms with Gasteiger partial charge in [-0.3, -0.25) is 9.69 Å². The van der Waals surface area contributed by atoms with E-state index in [2.05, 4.69) is 25.7 Å². The van der Waals surface area contributed by atoms with Crippen molar-refractivity contribution in [2.75, 3.05) is 26.7 Å². The number of carbonyl (C=O) groups is 1. The number of hydrogen-bond donors (Lipinski definition) is 0. The number of carbonyl (C=O) groups excluding carboxylic acids is 1. The van der Waals surface area contributed by atoms with Crippen LogP contribution in [0.15, 0.2) is 0 Å². The third-order valence-corrected chi connectivity index (χ3v) is 4.40. The second-order valence-electron chi connectivity index (χ2n) is 6.11. The van der Waals surface area contributed by atoms with E-state index in [1.165, 1.54) is 25.7 Å². The van der Waals surface area contributed by atoms with Crippen molar-refractivity contribution in [3.8, 4) is 0 Å². The molecule has 0 aromatic heterocycles. The second-order valence-corrected chi connectivity index (χ2v) is 6.11. The van der Waals surface area contributed by atoms with Crippen molar-refractivity contribution in [3.05, 3.63) is 0 Å². The van der Waals surface area contributed by atoms with Crippen molar-refractivity contribution in [1.29, 1.82) is 0 Å². The molecule has 112 valence electrons. The largest absolute Gasteiger partial charge is 0.341 e. The van der Waals surface area contributed by atoms with E-state index in [-0.39, 0.29) is 0 Å². The van der Waals surface area contributed by atoms with Gasteiger partial charge in [-0.1, -0.05) is 33.6 Å². The highest BCUT2D eigenvalue weighted by Gasteiger charge is 2.28. The summed E-state index contributed by atoms with van der Waals surface area (Å²) in [7, 11) is 2.00. The van der Waals surface area contributed by atoms with Gasteiger partial charge in [-0.2, -0.15) is 0 Å². The van der Waals surface area contributed by atoms with Gasteiger partial charge >= 0.3 is 0 Å². The fraction of sp³-hybridized carbons (Fsp3) is 0.938. The smallest absolute Gasteiger partial charge is 0.236 e. The molecule has 0 aromatic rings. The van der Waals surface area contributed by atoms with Crippen LogP contribution in [-0.2, 0) is 4.79 Å². The summed E-state index contributed by atoms with van der Waals surface area (Å²) < 4.78 is 0. The van der Waals surface area contributed by atoms with Crippen LogP contribution in [0.2, 0.25) is 0 Å². The lowest BCUT2D eigenvalue weighted by molar-refractivity contribution is -0.134. The summed E-state index contributed by atoms with van der Waals surface area (Å²) in [6.07, 6.45) is 7.31. The summed E-state index contributed by atoms with van der Waals surface area (Å²) in [6.45, 7) is 9.33. The van der Waals surface area contributed by atoms with E-state index in [4.69, 9.17) is 0 Å². The molecule has 2 unspecified atom stereocenters. The Morgan fingerprint density at radius 3 is 2.21 bits per heavy atom. The summed E-state index contributed by atoms with van der Waals surface area (Å²) in [6, 6.07) is 0.464. The molecule has 0 spiro atoms. The maximum atomic E-state index is 12.4. The van der Waals surface area contributed by atoms with E-state index in [1.54, 1.807) is 0 Å². The molecule has 1 aliphatic rings. The van der Waals surface area contributed by atoms with Crippen LogP contribution in [0.5, 0.6) is 0 Å². The van der Waals surface area contributed by atoms with Crippen LogP contribution in [0.3, 0.4) is 0 Å². The van der Waals surface area contributed by atoms with Crippen LogP contribution >= 0.6 is 0 Å². The second kappa shape index (κ2) is 8.57. The number of amides is 1. The molecular formula is C16H32N2O. The molecule has 0 bridgehead atoms. The van der Waals surface area contributed by atoms with Crippen molar-refractivity contribution in [2.45, 2.75) is 65.3 Å². The third-order valence-electron chi connectivity index (χ3n) is 4.40. The van der Waals surface area contributed by atoms with Crippen LogP contribution < -0.4 is 0 Å². The van der Waals surface area contributed by atoms with Gasteiger partial charge in [-0.05, 0) is 44.7 Å². The number of nitrogens with zero attached hydrogens (tertiary/aromatic N) is 2. The molecule has 0 aliphatic heterocycles. The molecule has 0 saturated heterocycles. The summed E-state index contributed by atoms with van der Waals surface area (Å²) in [5.74, 6) is 0.967. The van der Waals surface area contributed by atoms with Gasteiger partial charge in [0.05, 0.1) is 6.54 Å². The minimum absolute atomic E-state index is 0.306. The maximum absolute atomic E-state index is 12.4. The van der Waals surface area contributed by atoms with Crippen molar-refractivity contribution in [1.82, 2.24) is 9.80 Å². The minimum Gasteiger partial charge on any atom is -0.341 e. The standard InChI is InChI=1S/C16H32N2O/c1-5-11-18(12-6-2)13-16(19)17(4)15-10-8-7-9-14(15)3/h14-15H,5-13H2,1-4H3. The topological polar surface area (TPSA) is 23.6 Å². The summed E-state index contributed by atoms with van der Waals surface area (Å²) in [4.78, 5) is 16.8. The van der Waals surface area contributed by atoms with Crippen LogP contribution in [0.4, 0.5) is 0 Å². The molecule has 0 radical (unpaired) electrons. The molecule has 0 aromatic carbocycles. The summed E-state index contributed by atoms with van der Waals surface area (Å²) in [5.41, 5.74) is 0. The van der Waals surface area contributed by atoms with E-state index in [0.717, 1.165) is 25.9 Å². The Hall–Kier alpha value is -0.570. The first kappa shape index (κ1) is 16.5. The highest BCUT2D eigenvalue weighted by atomic mass is 16.2. The molecule has 2 atom stereocenters. The fourth-order valence-corrected chi connectivity index (χ4v) is 3.26. The van der Waals surface area contributed by atoms with Crippen molar-refractivity contribution in [3.63, 3.8) is 0 Å². The molecule has 1 rings (SSSR count). The number of rotatable bonds is 7. The molecule has 0 heterocycles. The first-order chi connectivity index (χ1) is 9.10. The normalized spacial score (nSPS) is 23.6. The van der Waals surface area contributed by atoms with Crippen LogP contribution in [0.1, 0.15) is 59.3 Å². The monoisotopic (exact) mass is 268 g/mol. The molecule has 3 heteroatoms. The molecule has 19 heavy (non-hydrogen) atoms. The lowest BCUT2D eigenvalue weighted by Crippen LogP contribution is -2.47. The average Bonchev–Trinajstić information content (AvgIpc) is 2.39. The zero-order valence-electron chi connectivity index (χ0n) is 13.3. The van der Waals surface area contributed by atoms with Crippen LogP contribution in [-0.4, -0.2) is 48.4 Å². The predicted molar refractivity (Wildman–Crippen MR) is 81.2 cm³/mol. The Morgan fingerprint density at radius 1 is 1.11 bits per heavy atom. The third kappa shape index (κ3) is 5.13. The van der Waals surface area contributed by atoms with E-state index in [9.17, 15) is 4.79 Å². The first-order valence-electron chi connectivity index (χ1n) is 8.08. The lowest BCUT2D eigenvalue weighted by atomic mass is 9.85. The van der Waals surface area contributed by atoms with Gasteiger partial charge in [0, 0.05) is 13.1 Å². The van der Waals surface area contributed by atoms with Crippen molar-refractivity contribution < 1.29 is 4.79 Å². The minimum atomic E-state index is 0.306. The Balaban J connectivity index is 2.50. The summed E-state index contributed by atoms with van der Waals surface area (Å²) in [5, 5.41) is 0. The molecule has 1 saturated carbocycles. The van der Waals surface area contributed by atoms with Gasteiger partial charge in [0.1, 0.15) is 0 Å². The zero-order valence-corrected chi connectivity index (χ0v) is 13.3. The van der Waals surface area contributed by atoms with Gasteiger partial charge in [-0.15, -0.1) is 0 Å². The predicted octanol–water partition coefficient (Wildman–Crippen LogP) is 3.15. The Labute approximate surface area is 119 Å². The van der Waals surface area contributed by atoms with E-state index < -0.39 is 0 Å². The maximum Gasteiger partial charge on any atom is 0.236 e. The SMILES string of the molecule is CCCN(CCC)CC(=O)N(C)C1CCCCC1C. The van der Waals surface area contributed by atoms with Crippen LogP contribution in [0.25, 0.3) is 0 Å². The zero-order chi connectivity index (χ0) is 14.3. The molecule has 3 nitrogen and oxygen atoms in total.